The maximum absolute atomic E-state index is 4.33. The van der Waals surface area contributed by atoms with E-state index in [0.717, 1.165) is 5.69 Å². The van der Waals surface area contributed by atoms with Crippen LogP contribution in [0.5, 0.6) is 0 Å². The topological polar surface area (TPSA) is 37.8 Å². The molecule has 2 rings (SSSR count). The zero-order valence-corrected chi connectivity index (χ0v) is 9.58. The van der Waals surface area contributed by atoms with Gasteiger partial charge in [-0.15, -0.1) is 11.3 Å². The summed E-state index contributed by atoms with van der Waals surface area (Å²) in [7, 11) is 1.94. The first-order valence-corrected chi connectivity index (χ1v) is 5.68. The van der Waals surface area contributed by atoms with Crippen LogP contribution >= 0.6 is 11.3 Å². The summed E-state index contributed by atoms with van der Waals surface area (Å²) in [5.74, 6) is 0. The van der Waals surface area contributed by atoms with E-state index in [9.17, 15) is 0 Å². The number of nitrogens with zero attached hydrogens (tertiary/aromatic N) is 2. The zero-order valence-electron chi connectivity index (χ0n) is 8.77. The van der Waals surface area contributed by atoms with Crippen molar-refractivity contribution in [1.29, 1.82) is 0 Å². The summed E-state index contributed by atoms with van der Waals surface area (Å²) in [6.45, 7) is 2.13. The highest BCUT2D eigenvalue weighted by Crippen LogP contribution is 2.26. The largest absolute Gasteiger partial charge is 0.308 e. The van der Waals surface area contributed by atoms with Gasteiger partial charge in [0, 0.05) is 17.3 Å². The van der Waals surface area contributed by atoms with E-state index in [1.54, 1.807) is 29.9 Å². The molecule has 0 aliphatic rings. The standard InChI is InChI=1S/C11H13N3S/c1-8-9(3-6-15-8)11(12-2)10-7-13-4-5-14-10/h3-7,11-12H,1-2H3. The minimum Gasteiger partial charge on any atom is -0.308 e. The molecule has 0 bridgehead atoms. The van der Waals surface area contributed by atoms with E-state index in [2.05, 4.69) is 33.7 Å². The summed E-state index contributed by atoms with van der Waals surface area (Å²) in [5, 5.41) is 5.37. The lowest BCUT2D eigenvalue weighted by molar-refractivity contribution is 0.666. The molecule has 3 nitrogen and oxygen atoms in total. The van der Waals surface area contributed by atoms with E-state index in [1.807, 2.05) is 7.05 Å². The number of hydrogen-bond acceptors (Lipinski definition) is 4. The Balaban J connectivity index is 2.37. The summed E-state index contributed by atoms with van der Waals surface area (Å²) in [5.41, 5.74) is 2.24. The van der Waals surface area contributed by atoms with Gasteiger partial charge >= 0.3 is 0 Å². The van der Waals surface area contributed by atoms with Crippen LogP contribution in [0.3, 0.4) is 0 Å². The molecule has 1 unspecified atom stereocenters. The van der Waals surface area contributed by atoms with Crippen LogP contribution in [0.25, 0.3) is 0 Å². The maximum Gasteiger partial charge on any atom is 0.0801 e. The smallest absolute Gasteiger partial charge is 0.0801 e. The van der Waals surface area contributed by atoms with Crippen LogP contribution in [-0.4, -0.2) is 17.0 Å². The molecular weight excluding hydrogens is 206 g/mol. The van der Waals surface area contributed by atoms with Crippen molar-refractivity contribution in [1.82, 2.24) is 15.3 Å². The van der Waals surface area contributed by atoms with Crippen molar-refractivity contribution in [3.05, 3.63) is 46.2 Å². The molecule has 1 N–H and O–H groups in total. The monoisotopic (exact) mass is 219 g/mol. The fourth-order valence-electron chi connectivity index (χ4n) is 1.62. The third-order valence-corrected chi connectivity index (χ3v) is 3.24. The number of nitrogens with one attached hydrogen (secondary N) is 1. The van der Waals surface area contributed by atoms with Gasteiger partial charge in [-0.25, -0.2) is 0 Å². The second kappa shape index (κ2) is 4.51. The lowest BCUT2D eigenvalue weighted by Crippen LogP contribution is -2.19. The Kier molecular flexibility index (Phi) is 3.08. The van der Waals surface area contributed by atoms with Gasteiger partial charge in [-0.1, -0.05) is 0 Å². The molecule has 2 aromatic heterocycles. The summed E-state index contributed by atoms with van der Waals surface area (Å²) in [6.07, 6.45) is 5.22. The van der Waals surface area contributed by atoms with Crippen molar-refractivity contribution in [3.63, 3.8) is 0 Å². The van der Waals surface area contributed by atoms with Crippen molar-refractivity contribution < 1.29 is 0 Å². The van der Waals surface area contributed by atoms with Gasteiger partial charge in [-0.2, -0.15) is 0 Å². The number of thiophene rings is 1. The molecule has 0 amide bonds. The first-order chi connectivity index (χ1) is 7.33. The molecule has 15 heavy (non-hydrogen) atoms. The average molecular weight is 219 g/mol. The highest BCUT2D eigenvalue weighted by molar-refractivity contribution is 7.10. The zero-order chi connectivity index (χ0) is 10.7. The second-order valence-corrected chi connectivity index (χ2v) is 4.40. The van der Waals surface area contributed by atoms with Gasteiger partial charge in [0.05, 0.1) is 17.9 Å². The Morgan fingerprint density at radius 3 is 2.80 bits per heavy atom. The van der Waals surface area contributed by atoms with Gasteiger partial charge in [-0.05, 0) is 31.0 Å². The van der Waals surface area contributed by atoms with Gasteiger partial charge < -0.3 is 5.32 Å². The van der Waals surface area contributed by atoms with E-state index >= 15 is 0 Å². The van der Waals surface area contributed by atoms with Gasteiger partial charge in [0.15, 0.2) is 0 Å². The molecule has 2 aromatic rings. The first kappa shape index (κ1) is 10.3. The number of aryl methyl sites for hydroxylation is 1. The second-order valence-electron chi connectivity index (χ2n) is 3.28. The van der Waals surface area contributed by atoms with E-state index in [1.165, 1.54) is 10.4 Å². The first-order valence-electron chi connectivity index (χ1n) is 4.80. The predicted molar refractivity (Wildman–Crippen MR) is 62.0 cm³/mol. The lowest BCUT2D eigenvalue weighted by atomic mass is 10.1. The van der Waals surface area contributed by atoms with E-state index in [4.69, 9.17) is 0 Å². The maximum atomic E-state index is 4.33. The van der Waals surface area contributed by atoms with Crippen LogP contribution in [0, 0.1) is 6.92 Å². The van der Waals surface area contributed by atoms with Crippen molar-refractivity contribution in [2.75, 3.05) is 7.05 Å². The van der Waals surface area contributed by atoms with Crippen molar-refractivity contribution in [3.8, 4) is 0 Å². The molecule has 0 saturated carbocycles. The van der Waals surface area contributed by atoms with Crippen LogP contribution in [0.15, 0.2) is 30.0 Å². The van der Waals surface area contributed by atoms with E-state index < -0.39 is 0 Å². The normalized spacial score (nSPS) is 12.7. The van der Waals surface area contributed by atoms with Gasteiger partial charge in [0.25, 0.3) is 0 Å². The molecule has 0 fully saturated rings. The molecule has 0 aliphatic carbocycles. The van der Waals surface area contributed by atoms with E-state index in [0.29, 0.717) is 0 Å². The summed E-state index contributed by atoms with van der Waals surface area (Å²) >= 11 is 1.75. The molecule has 0 spiro atoms. The predicted octanol–water partition coefficient (Wildman–Crippen LogP) is 2.16. The Bertz CT molecular complexity index is 424. The third-order valence-electron chi connectivity index (χ3n) is 2.38. The molecule has 0 saturated heterocycles. The molecule has 0 aromatic carbocycles. The van der Waals surface area contributed by atoms with Gasteiger partial charge in [-0.3, -0.25) is 9.97 Å². The average Bonchev–Trinajstić information content (AvgIpc) is 2.68. The quantitative estimate of drug-likeness (QED) is 0.859. The van der Waals surface area contributed by atoms with Gasteiger partial charge in [0.2, 0.25) is 0 Å². The van der Waals surface area contributed by atoms with Crippen molar-refractivity contribution in [2.45, 2.75) is 13.0 Å². The lowest BCUT2D eigenvalue weighted by Gasteiger charge is -2.14. The molecule has 78 valence electrons. The SMILES string of the molecule is CNC(c1cnccn1)c1ccsc1C. The number of aromatic nitrogens is 2. The fourth-order valence-corrected chi connectivity index (χ4v) is 2.36. The highest BCUT2D eigenvalue weighted by atomic mass is 32.1. The van der Waals surface area contributed by atoms with Crippen LogP contribution in [0.4, 0.5) is 0 Å². The summed E-state index contributed by atoms with van der Waals surface area (Å²) in [4.78, 5) is 9.74. The minimum absolute atomic E-state index is 0.143. The molecule has 0 aliphatic heterocycles. The van der Waals surface area contributed by atoms with Crippen molar-refractivity contribution in [2.24, 2.45) is 0 Å². The Morgan fingerprint density at radius 1 is 1.40 bits per heavy atom. The minimum atomic E-state index is 0.143. The highest BCUT2D eigenvalue weighted by Gasteiger charge is 2.15. The Morgan fingerprint density at radius 2 is 2.27 bits per heavy atom. The molecule has 2 heterocycles. The molecule has 0 radical (unpaired) electrons. The van der Waals surface area contributed by atoms with Crippen LogP contribution in [0.1, 0.15) is 22.2 Å². The molecular formula is C11H13N3S. The van der Waals surface area contributed by atoms with Crippen molar-refractivity contribution >= 4 is 11.3 Å². The fraction of sp³-hybridized carbons (Fsp3) is 0.273. The molecule has 1 atom stereocenters. The Labute approximate surface area is 93.2 Å². The number of rotatable bonds is 3. The molecule has 4 heteroatoms. The summed E-state index contributed by atoms with van der Waals surface area (Å²) in [6, 6.07) is 2.28. The van der Waals surface area contributed by atoms with Gasteiger partial charge in [0.1, 0.15) is 0 Å². The van der Waals surface area contributed by atoms with E-state index in [-0.39, 0.29) is 6.04 Å². The van der Waals surface area contributed by atoms with Crippen LogP contribution in [0.2, 0.25) is 0 Å². The summed E-state index contributed by atoms with van der Waals surface area (Å²) < 4.78 is 0. The van der Waals surface area contributed by atoms with Crippen LogP contribution < -0.4 is 5.32 Å². The number of hydrogen-bond donors (Lipinski definition) is 1. The van der Waals surface area contributed by atoms with Crippen LogP contribution in [-0.2, 0) is 0 Å². The third kappa shape index (κ3) is 2.06. The Hall–Kier alpha value is -1.26.